The Morgan fingerprint density at radius 3 is 2.81 bits per heavy atom. The first kappa shape index (κ1) is 19.2. The minimum atomic E-state index is 0.0472. The number of piperazine rings is 1. The molecule has 1 amide bonds. The third-order valence-electron chi connectivity index (χ3n) is 4.46. The SMILES string of the molecule is CCNC(=NCCc1ccccc1Cl)N1CCN(c2cnn(C)c2)C(=O)C1. The number of aryl methyl sites for hydroxylation is 1. The zero-order valence-corrected chi connectivity index (χ0v) is 16.5. The van der Waals surface area contributed by atoms with Crippen molar-refractivity contribution in [1.29, 1.82) is 0 Å². The molecule has 8 heteroatoms. The van der Waals surface area contributed by atoms with Crippen molar-refractivity contribution in [3.8, 4) is 0 Å². The van der Waals surface area contributed by atoms with Crippen LogP contribution in [0.5, 0.6) is 0 Å². The van der Waals surface area contributed by atoms with Gasteiger partial charge in [-0.1, -0.05) is 29.8 Å². The highest BCUT2D eigenvalue weighted by atomic mass is 35.5. The number of benzene rings is 1. The number of anilines is 1. The van der Waals surface area contributed by atoms with Crippen molar-refractivity contribution in [1.82, 2.24) is 20.0 Å². The molecule has 1 aromatic carbocycles. The minimum Gasteiger partial charge on any atom is -0.357 e. The topological polar surface area (TPSA) is 65.8 Å². The molecule has 1 fully saturated rings. The molecule has 144 valence electrons. The van der Waals surface area contributed by atoms with E-state index in [1.807, 2.05) is 49.3 Å². The average molecular weight is 389 g/mol. The van der Waals surface area contributed by atoms with Crippen LogP contribution in [0.3, 0.4) is 0 Å². The van der Waals surface area contributed by atoms with Crippen molar-refractivity contribution in [2.24, 2.45) is 12.0 Å². The van der Waals surface area contributed by atoms with Gasteiger partial charge < -0.3 is 15.1 Å². The Labute approximate surface area is 164 Å². The van der Waals surface area contributed by atoms with E-state index in [1.165, 1.54) is 0 Å². The summed E-state index contributed by atoms with van der Waals surface area (Å²) in [6.07, 6.45) is 4.34. The van der Waals surface area contributed by atoms with Crippen molar-refractivity contribution in [3.05, 3.63) is 47.2 Å². The number of nitrogens with one attached hydrogen (secondary N) is 1. The summed E-state index contributed by atoms with van der Waals surface area (Å²) in [5.74, 6) is 0.815. The molecule has 0 aliphatic carbocycles. The van der Waals surface area contributed by atoms with Crippen LogP contribution in [0.1, 0.15) is 12.5 Å². The van der Waals surface area contributed by atoms with Crippen molar-refractivity contribution in [2.45, 2.75) is 13.3 Å². The lowest BCUT2D eigenvalue weighted by molar-refractivity contribution is -0.120. The fourth-order valence-corrected chi connectivity index (χ4v) is 3.31. The minimum absolute atomic E-state index is 0.0472. The Hall–Kier alpha value is -2.54. The van der Waals surface area contributed by atoms with Gasteiger partial charge in [-0.15, -0.1) is 0 Å². The molecule has 0 atom stereocenters. The maximum atomic E-state index is 12.6. The standard InChI is InChI=1S/C19H25ClN6O/c1-3-21-19(22-9-8-15-6-4-5-7-17(15)20)25-10-11-26(18(27)14-25)16-12-23-24(2)13-16/h4-7,12-13H,3,8-11,14H2,1-2H3,(H,21,22). The van der Waals surface area contributed by atoms with Crippen LogP contribution in [0, 0.1) is 0 Å². The molecule has 2 heterocycles. The Kier molecular flexibility index (Phi) is 6.34. The first-order valence-electron chi connectivity index (χ1n) is 9.14. The quantitative estimate of drug-likeness (QED) is 0.628. The first-order valence-corrected chi connectivity index (χ1v) is 9.52. The molecular formula is C19H25ClN6O. The number of carbonyl (C=O) groups is 1. The van der Waals surface area contributed by atoms with Gasteiger partial charge in [0.25, 0.3) is 0 Å². The largest absolute Gasteiger partial charge is 0.357 e. The van der Waals surface area contributed by atoms with E-state index in [2.05, 4.69) is 10.4 Å². The fraction of sp³-hybridized carbons (Fsp3) is 0.421. The van der Waals surface area contributed by atoms with Crippen LogP contribution >= 0.6 is 11.6 Å². The molecule has 3 rings (SSSR count). The van der Waals surface area contributed by atoms with Gasteiger partial charge in [-0.05, 0) is 25.0 Å². The van der Waals surface area contributed by atoms with Gasteiger partial charge in [0, 0.05) is 44.4 Å². The fourth-order valence-electron chi connectivity index (χ4n) is 3.08. The molecule has 1 aliphatic heterocycles. The molecule has 7 nitrogen and oxygen atoms in total. The Bertz CT molecular complexity index is 818. The number of amides is 1. The van der Waals surface area contributed by atoms with Crippen LogP contribution in [0.4, 0.5) is 5.69 Å². The summed E-state index contributed by atoms with van der Waals surface area (Å²) < 4.78 is 1.70. The van der Waals surface area contributed by atoms with Gasteiger partial charge in [0.05, 0.1) is 11.9 Å². The summed E-state index contributed by atoms with van der Waals surface area (Å²) in [5.41, 5.74) is 1.92. The zero-order chi connectivity index (χ0) is 19.2. The van der Waals surface area contributed by atoms with E-state index in [1.54, 1.807) is 15.8 Å². The number of aliphatic imine (C=N–C) groups is 1. The third kappa shape index (κ3) is 4.80. The van der Waals surface area contributed by atoms with Gasteiger partial charge in [-0.25, -0.2) is 0 Å². The summed E-state index contributed by atoms with van der Waals surface area (Å²) >= 11 is 6.21. The molecule has 0 saturated carbocycles. The van der Waals surface area contributed by atoms with Gasteiger partial charge in [0.15, 0.2) is 5.96 Å². The van der Waals surface area contributed by atoms with Crippen molar-refractivity contribution < 1.29 is 4.79 Å². The van der Waals surface area contributed by atoms with Crippen molar-refractivity contribution in [3.63, 3.8) is 0 Å². The second-order valence-corrected chi connectivity index (χ2v) is 6.82. The Morgan fingerprint density at radius 2 is 2.15 bits per heavy atom. The molecule has 1 aliphatic rings. The number of hydrogen-bond donors (Lipinski definition) is 1. The van der Waals surface area contributed by atoms with Gasteiger partial charge in [-0.2, -0.15) is 5.10 Å². The van der Waals surface area contributed by atoms with Crippen LogP contribution in [0.2, 0.25) is 5.02 Å². The predicted molar refractivity (Wildman–Crippen MR) is 108 cm³/mol. The molecular weight excluding hydrogens is 364 g/mol. The first-order chi connectivity index (χ1) is 13.1. The van der Waals surface area contributed by atoms with E-state index in [9.17, 15) is 4.79 Å². The number of carbonyl (C=O) groups excluding carboxylic acids is 1. The highest BCUT2D eigenvalue weighted by molar-refractivity contribution is 6.31. The normalized spacial score (nSPS) is 15.4. The summed E-state index contributed by atoms with van der Waals surface area (Å²) in [5, 5.41) is 8.20. The predicted octanol–water partition coefficient (Wildman–Crippen LogP) is 1.93. The lowest BCUT2D eigenvalue weighted by atomic mass is 10.1. The van der Waals surface area contributed by atoms with E-state index in [0.29, 0.717) is 19.6 Å². The molecule has 1 N–H and O–H groups in total. The van der Waals surface area contributed by atoms with Gasteiger partial charge in [0.1, 0.15) is 6.54 Å². The van der Waals surface area contributed by atoms with Crippen LogP contribution in [0.25, 0.3) is 0 Å². The van der Waals surface area contributed by atoms with Gasteiger partial charge in [0.2, 0.25) is 5.91 Å². The number of aromatic nitrogens is 2. The molecule has 0 unspecified atom stereocenters. The summed E-state index contributed by atoms with van der Waals surface area (Å²) in [6, 6.07) is 7.81. The van der Waals surface area contributed by atoms with Crippen LogP contribution in [0.15, 0.2) is 41.7 Å². The van der Waals surface area contributed by atoms with E-state index >= 15 is 0 Å². The summed E-state index contributed by atoms with van der Waals surface area (Å²) in [4.78, 5) is 21.1. The maximum absolute atomic E-state index is 12.6. The number of hydrogen-bond acceptors (Lipinski definition) is 3. The van der Waals surface area contributed by atoms with Crippen LogP contribution < -0.4 is 10.2 Å². The highest BCUT2D eigenvalue weighted by Crippen LogP contribution is 2.17. The van der Waals surface area contributed by atoms with Crippen LogP contribution in [-0.4, -0.2) is 59.3 Å². The summed E-state index contributed by atoms with van der Waals surface area (Å²) in [7, 11) is 1.85. The van der Waals surface area contributed by atoms with Gasteiger partial charge in [-0.3, -0.25) is 14.5 Å². The molecule has 0 radical (unpaired) electrons. The molecule has 0 bridgehead atoms. The third-order valence-corrected chi connectivity index (χ3v) is 4.83. The number of guanidine groups is 1. The van der Waals surface area contributed by atoms with E-state index in [0.717, 1.165) is 41.7 Å². The second-order valence-electron chi connectivity index (χ2n) is 6.42. The Balaban J connectivity index is 1.63. The number of halogens is 1. The number of rotatable bonds is 5. The highest BCUT2D eigenvalue weighted by Gasteiger charge is 2.27. The molecule has 0 spiro atoms. The zero-order valence-electron chi connectivity index (χ0n) is 15.7. The van der Waals surface area contributed by atoms with Gasteiger partial charge >= 0.3 is 0 Å². The molecule has 1 aromatic heterocycles. The smallest absolute Gasteiger partial charge is 0.246 e. The molecule has 2 aromatic rings. The summed E-state index contributed by atoms with van der Waals surface area (Å²) in [6.45, 7) is 5.02. The molecule has 27 heavy (non-hydrogen) atoms. The lowest BCUT2D eigenvalue weighted by Crippen LogP contribution is -2.55. The molecule has 1 saturated heterocycles. The van der Waals surface area contributed by atoms with Crippen LogP contribution in [-0.2, 0) is 18.3 Å². The monoisotopic (exact) mass is 388 g/mol. The van der Waals surface area contributed by atoms with E-state index < -0.39 is 0 Å². The van der Waals surface area contributed by atoms with E-state index in [-0.39, 0.29) is 5.91 Å². The average Bonchev–Trinajstić information content (AvgIpc) is 3.08. The van der Waals surface area contributed by atoms with Crippen molar-refractivity contribution in [2.75, 3.05) is 37.6 Å². The lowest BCUT2D eigenvalue weighted by Gasteiger charge is -2.35. The van der Waals surface area contributed by atoms with Crippen molar-refractivity contribution >= 4 is 29.2 Å². The number of nitrogens with zero attached hydrogens (tertiary/aromatic N) is 5. The van der Waals surface area contributed by atoms with E-state index in [4.69, 9.17) is 16.6 Å². The Morgan fingerprint density at radius 1 is 1.33 bits per heavy atom. The maximum Gasteiger partial charge on any atom is 0.246 e. The second kappa shape index (κ2) is 8.90.